The Hall–Kier alpha value is -2.02. The second kappa shape index (κ2) is 7.04. The highest BCUT2D eigenvalue weighted by Crippen LogP contribution is 2.22. The molecule has 0 bridgehead atoms. The number of nitrogens with zero attached hydrogens (tertiary/aromatic N) is 1. The summed E-state index contributed by atoms with van der Waals surface area (Å²) in [5, 5.41) is 11.6. The molecule has 5 nitrogen and oxygen atoms in total. The molecule has 0 radical (unpaired) electrons. The second-order valence-electron chi connectivity index (χ2n) is 6.11. The van der Waals surface area contributed by atoms with E-state index in [2.05, 4.69) is 5.32 Å². The van der Waals surface area contributed by atoms with Crippen molar-refractivity contribution >= 4 is 11.9 Å². The molecule has 0 aliphatic carbocycles. The van der Waals surface area contributed by atoms with E-state index in [1.54, 1.807) is 4.90 Å². The summed E-state index contributed by atoms with van der Waals surface area (Å²) in [6.07, 6.45) is 0.883. The lowest BCUT2D eigenvalue weighted by molar-refractivity contribution is -0.136. The number of carbonyl (C=O) groups excluding carboxylic acids is 1. The van der Waals surface area contributed by atoms with Gasteiger partial charge in [0.25, 0.3) is 0 Å². The van der Waals surface area contributed by atoms with Crippen LogP contribution in [-0.4, -0.2) is 47.1 Å². The highest BCUT2D eigenvalue weighted by molar-refractivity contribution is 5.77. The minimum atomic E-state index is -0.947. The Morgan fingerprint density at radius 3 is 2.83 bits per heavy atom. The zero-order valence-electron chi connectivity index (χ0n) is 12.9. The standard InChI is InChI=1S/C16H20F2N2O3/c1-16(19-9-15(22)23)6-7-20(10-16)14(21)5-2-11-8-12(17)3-4-13(11)18/h3-4,8,19H,2,5-7,9-10H2,1H3,(H,22,23). The van der Waals surface area contributed by atoms with Crippen LogP contribution in [0.25, 0.3) is 0 Å². The Bertz CT molecular complexity index is 609. The third-order valence-electron chi connectivity index (χ3n) is 4.11. The van der Waals surface area contributed by atoms with E-state index < -0.39 is 23.1 Å². The maximum absolute atomic E-state index is 13.5. The number of rotatable bonds is 6. The predicted molar refractivity (Wildman–Crippen MR) is 79.9 cm³/mol. The summed E-state index contributed by atoms with van der Waals surface area (Å²) < 4.78 is 26.6. The van der Waals surface area contributed by atoms with Crippen LogP contribution in [-0.2, 0) is 16.0 Å². The van der Waals surface area contributed by atoms with Crippen LogP contribution in [0.2, 0.25) is 0 Å². The van der Waals surface area contributed by atoms with E-state index in [1.807, 2.05) is 6.92 Å². The molecule has 1 fully saturated rings. The molecular weight excluding hydrogens is 306 g/mol. The Morgan fingerprint density at radius 2 is 2.13 bits per heavy atom. The van der Waals surface area contributed by atoms with Gasteiger partial charge in [-0.25, -0.2) is 8.78 Å². The summed E-state index contributed by atoms with van der Waals surface area (Å²) >= 11 is 0. The van der Waals surface area contributed by atoms with Crippen LogP contribution >= 0.6 is 0 Å². The van der Waals surface area contributed by atoms with E-state index >= 15 is 0 Å². The first-order valence-corrected chi connectivity index (χ1v) is 7.48. The minimum Gasteiger partial charge on any atom is -0.480 e. The number of carbonyl (C=O) groups is 2. The summed E-state index contributed by atoms with van der Waals surface area (Å²) in [7, 11) is 0. The van der Waals surface area contributed by atoms with Crippen LogP contribution in [0.4, 0.5) is 8.78 Å². The molecule has 0 aromatic heterocycles. The quantitative estimate of drug-likeness (QED) is 0.832. The molecule has 1 aromatic carbocycles. The number of hydrogen-bond donors (Lipinski definition) is 2. The zero-order valence-corrected chi connectivity index (χ0v) is 12.9. The van der Waals surface area contributed by atoms with E-state index in [1.165, 1.54) is 0 Å². The molecule has 1 heterocycles. The summed E-state index contributed by atoms with van der Waals surface area (Å²) in [6.45, 7) is 2.64. The Morgan fingerprint density at radius 1 is 1.39 bits per heavy atom. The van der Waals surface area contributed by atoms with Crippen LogP contribution in [0.15, 0.2) is 18.2 Å². The number of carboxylic acid groups (broad SMARTS) is 1. The molecule has 1 amide bonds. The lowest BCUT2D eigenvalue weighted by atomic mass is 10.0. The summed E-state index contributed by atoms with van der Waals surface area (Å²) in [6, 6.07) is 3.20. The lowest BCUT2D eigenvalue weighted by Crippen LogP contribution is -2.47. The van der Waals surface area contributed by atoms with Crippen LogP contribution in [0.3, 0.4) is 0 Å². The number of amides is 1. The largest absolute Gasteiger partial charge is 0.480 e. The van der Waals surface area contributed by atoms with Crippen molar-refractivity contribution in [1.82, 2.24) is 10.2 Å². The summed E-state index contributed by atoms with van der Waals surface area (Å²) in [5.74, 6) is -2.14. The van der Waals surface area contributed by atoms with E-state index in [9.17, 15) is 18.4 Å². The number of hydrogen-bond acceptors (Lipinski definition) is 3. The van der Waals surface area contributed by atoms with Gasteiger partial charge < -0.3 is 10.0 Å². The van der Waals surface area contributed by atoms with Crippen molar-refractivity contribution < 1.29 is 23.5 Å². The first-order valence-electron chi connectivity index (χ1n) is 7.48. The Kier molecular flexibility index (Phi) is 5.30. The number of nitrogens with one attached hydrogen (secondary N) is 1. The topological polar surface area (TPSA) is 69.6 Å². The van der Waals surface area contributed by atoms with Gasteiger partial charge in [-0.15, -0.1) is 0 Å². The number of carboxylic acids is 1. The number of aliphatic carboxylic acids is 1. The fourth-order valence-electron chi connectivity index (χ4n) is 2.74. The number of likely N-dealkylation sites (tertiary alicyclic amines) is 1. The van der Waals surface area contributed by atoms with E-state index in [0.717, 1.165) is 18.2 Å². The molecule has 2 rings (SSSR count). The van der Waals surface area contributed by atoms with E-state index in [-0.39, 0.29) is 30.9 Å². The molecule has 2 N–H and O–H groups in total. The average molecular weight is 326 g/mol. The van der Waals surface area contributed by atoms with Gasteiger partial charge in [0, 0.05) is 25.0 Å². The average Bonchev–Trinajstić information content (AvgIpc) is 2.89. The normalized spacial score (nSPS) is 20.7. The van der Waals surface area contributed by atoms with Crippen LogP contribution in [0, 0.1) is 11.6 Å². The SMILES string of the molecule is CC1(NCC(=O)O)CCN(C(=O)CCc2cc(F)ccc2F)C1. The zero-order chi connectivity index (χ0) is 17.0. The number of halogens is 2. The van der Waals surface area contributed by atoms with Gasteiger partial charge in [-0.05, 0) is 43.5 Å². The molecule has 1 unspecified atom stereocenters. The van der Waals surface area contributed by atoms with Crippen molar-refractivity contribution in [1.29, 1.82) is 0 Å². The molecule has 7 heteroatoms. The van der Waals surface area contributed by atoms with Gasteiger partial charge >= 0.3 is 5.97 Å². The Balaban J connectivity index is 1.87. The summed E-state index contributed by atoms with van der Waals surface area (Å²) in [5.41, 5.74) is -0.248. The monoisotopic (exact) mass is 326 g/mol. The van der Waals surface area contributed by atoms with Gasteiger partial charge in [0.15, 0.2) is 0 Å². The smallest absolute Gasteiger partial charge is 0.317 e. The van der Waals surface area contributed by atoms with Gasteiger partial charge in [-0.2, -0.15) is 0 Å². The highest BCUT2D eigenvalue weighted by atomic mass is 19.1. The van der Waals surface area contributed by atoms with Crippen molar-refractivity contribution in [3.05, 3.63) is 35.4 Å². The third-order valence-corrected chi connectivity index (χ3v) is 4.11. The van der Waals surface area contributed by atoms with Gasteiger partial charge in [-0.1, -0.05) is 0 Å². The van der Waals surface area contributed by atoms with E-state index in [4.69, 9.17) is 5.11 Å². The first-order chi connectivity index (χ1) is 10.8. The van der Waals surface area contributed by atoms with Crippen LogP contribution in [0.1, 0.15) is 25.3 Å². The molecule has 1 aliphatic rings. The third kappa shape index (κ3) is 4.72. The molecule has 1 atom stereocenters. The second-order valence-corrected chi connectivity index (χ2v) is 6.11. The first kappa shape index (κ1) is 17.3. The molecule has 126 valence electrons. The lowest BCUT2D eigenvalue weighted by Gasteiger charge is -2.25. The van der Waals surface area contributed by atoms with Crippen LogP contribution < -0.4 is 5.32 Å². The van der Waals surface area contributed by atoms with Crippen molar-refractivity contribution in [3.8, 4) is 0 Å². The van der Waals surface area contributed by atoms with E-state index in [0.29, 0.717) is 19.5 Å². The molecule has 1 saturated heterocycles. The minimum absolute atomic E-state index is 0.0926. The Labute approximate surface area is 133 Å². The van der Waals surface area contributed by atoms with Crippen molar-refractivity contribution in [2.24, 2.45) is 0 Å². The van der Waals surface area contributed by atoms with Crippen molar-refractivity contribution in [3.63, 3.8) is 0 Å². The molecule has 0 spiro atoms. The molecule has 23 heavy (non-hydrogen) atoms. The van der Waals surface area contributed by atoms with Crippen LogP contribution in [0.5, 0.6) is 0 Å². The fourth-order valence-corrected chi connectivity index (χ4v) is 2.74. The maximum atomic E-state index is 13.5. The number of benzene rings is 1. The van der Waals surface area contributed by atoms with Gasteiger partial charge in [0.05, 0.1) is 6.54 Å². The molecule has 1 aliphatic heterocycles. The van der Waals surface area contributed by atoms with Crippen molar-refractivity contribution in [2.75, 3.05) is 19.6 Å². The fraction of sp³-hybridized carbons (Fsp3) is 0.500. The maximum Gasteiger partial charge on any atom is 0.317 e. The molecule has 1 aromatic rings. The highest BCUT2D eigenvalue weighted by Gasteiger charge is 2.35. The number of aryl methyl sites for hydroxylation is 1. The van der Waals surface area contributed by atoms with Gasteiger partial charge in [-0.3, -0.25) is 14.9 Å². The summed E-state index contributed by atoms with van der Waals surface area (Å²) in [4.78, 5) is 24.5. The molecular formula is C16H20F2N2O3. The van der Waals surface area contributed by atoms with Crippen molar-refractivity contribution in [2.45, 2.75) is 31.7 Å². The van der Waals surface area contributed by atoms with Gasteiger partial charge in [0.2, 0.25) is 5.91 Å². The molecule has 0 saturated carbocycles. The predicted octanol–water partition coefficient (Wildman–Crippen LogP) is 1.56. The van der Waals surface area contributed by atoms with Gasteiger partial charge in [0.1, 0.15) is 11.6 Å².